The molecule has 2 aliphatic heterocycles. The van der Waals surface area contributed by atoms with Gasteiger partial charge in [0.05, 0.1) is 11.4 Å². The van der Waals surface area contributed by atoms with Crippen LogP contribution in [0, 0.1) is 5.92 Å². The van der Waals surface area contributed by atoms with Crippen molar-refractivity contribution >= 4 is 55.1 Å². The molecule has 5 rings (SSSR count). The molecule has 0 spiro atoms. The molecule has 0 aliphatic carbocycles. The SMILES string of the molecule is CC[C@@H]1C(c2ccc(Br)cc2)=NN(c2ccc(Br)cc2)[C@@]1(C)C(=O)N1C(=O)CC(C)(C)N1Cc1ccccc1. The number of amides is 2. The van der Waals surface area contributed by atoms with E-state index in [0.29, 0.717) is 13.0 Å². The minimum Gasteiger partial charge on any atom is -0.273 e. The standard InChI is InChI=1S/C31H32Br2N4O2/c1-5-26-28(22-11-13-23(32)14-12-22)34-37(25-17-15-24(33)16-18-25)31(26,4)29(39)36-27(38)19-30(2,3)35(36)20-21-9-7-6-8-10-21/h6-18,26H,5,19-20H2,1-4H3/t26-,31-/m1/s1. The van der Waals surface area contributed by atoms with E-state index in [2.05, 4.69) is 38.8 Å². The molecule has 2 heterocycles. The monoisotopic (exact) mass is 650 g/mol. The Hall–Kier alpha value is -2.81. The number of benzene rings is 3. The number of carbonyl (C=O) groups excluding carboxylic acids is 2. The van der Waals surface area contributed by atoms with E-state index in [0.717, 1.165) is 31.5 Å². The first kappa shape index (κ1) is 27.7. The van der Waals surface area contributed by atoms with E-state index >= 15 is 0 Å². The number of carbonyl (C=O) groups is 2. The lowest BCUT2D eigenvalue weighted by Crippen LogP contribution is -2.62. The molecule has 3 aromatic rings. The molecule has 2 aliphatic rings. The topological polar surface area (TPSA) is 56.2 Å². The Bertz CT molecular complexity index is 1410. The molecule has 202 valence electrons. The lowest BCUT2D eigenvalue weighted by Gasteiger charge is -2.43. The van der Waals surface area contributed by atoms with Crippen LogP contribution in [0.1, 0.15) is 51.7 Å². The molecule has 3 aromatic carbocycles. The van der Waals surface area contributed by atoms with Crippen molar-refractivity contribution in [1.82, 2.24) is 10.0 Å². The van der Waals surface area contributed by atoms with E-state index in [9.17, 15) is 9.59 Å². The quantitative estimate of drug-likeness (QED) is 0.265. The van der Waals surface area contributed by atoms with E-state index in [-0.39, 0.29) is 24.2 Å². The number of hydrogen-bond donors (Lipinski definition) is 0. The van der Waals surface area contributed by atoms with Crippen LogP contribution in [0.4, 0.5) is 5.69 Å². The molecule has 6 nitrogen and oxygen atoms in total. The zero-order valence-electron chi connectivity index (χ0n) is 22.6. The molecule has 8 heteroatoms. The fourth-order valence-corrected chi connectivity index (χ4v) is 6.26. The van der Waals surface area contributed by atoms with Crippen LogP contribution in [0.15, 0.2) is 92.9 Å². The Kier molecular flexibility index (Phi) is 7.57. The summed E-state index contributed by atoms with van der Waals surface area (Å²) in [6.45, 7) is 8.50. The number of nitrogens with zero attached hydrogens (tertiary/aromatic N) is 4. The molecule has 0 saturated carbocycles. The first-order chi connectivity index (χ1) is 18.6. The number of rotatable bonds is 6. The van der Waals surface area contributed by atoms with E-state index in [1.807, 2.05) is 110 Å². The summed E-state index contributed by atoms with van der Waals surface area (Å²) < 4.78 is 1.91. The fourth-order valence-electron chi connectivity index (χ4n) is 5.73. The molecule has 0 N–H and O–H groups in total. The number of hydrazone groups is 1. The van der Waals surface area contributed by atoms with Gasteiger partial charge < -0.3 is 0 Å². The van der Waals surface area contributed by atoms with Gasteiger partial charge in [-0.3, -0.25) is 9.59 Å². The Labute approximate surface area is 246 Å². The first-order valence-corrected chi connectivity index (χ1v) is 14.7. The third-order valence-corrected chi connectivity index (χ3v) is 8.89. The Morgan fingerprint density at radius 1 is 0.923 bits per heavy atom. The van der Waals surface area contributed by atoms with Gasteiger partial charge in [0, 0.05) is 33.4 Å². The molecule has 39 heavy (non-hydrogen) atoms. The van der Waals surface area contributed by atoms with Crippen LogP contribution in [0.2, 0.25) is 0 Å². The van der Waals surface area contributed by atoms with Crippen molar-refractivity contribution in [2.24, 2.45) is 11.0 Å². The van der Waals surface area contributed by atoms with Crippen LogP contribution in [0.25, 0.3) is 0 Å². The third-order valence-electron chi connectivity index (χ3n) is 7.84. The molecule has 0 unspecified atom stereocenters. The molecule has 2 amide bonds. The van der Waals surface area contributed by atoms with Crippen molar-refractivity contribution in [2.75, 3.05) is 5.01 Å². The van der Waals surface area contributed by atoms with Crippen LogP contribution >= 0.6 is 31.9 Å². The molecule has 0 bridgehead atoms. The number of anilines is 1. The maximum atomic E-state index is 14.9. The van der Waals surface area contributed by atoms with E-state index in [1.54, 1.807) is 0 Å². The van der Waals surface area contributed by atoms with Crippen molar-refractivity contribution in [1.29, 1.82) is 0 Å². The first-order valence-electron chi connectivity index (χ1n) is 13.2. The molecule has 0 aromatic heterocycles. The average molecular weight is 652 g/mol. The van der Waals surface area contributed by atoms with Crippen molar-refractivity contribution in [3.63, 3.8) is 0 Å². The summed E-state index contributed by atoms with van der Waals surface area (Å²) in [5, 5.41) is 10.3. The maximum absolute atomic E-state index is 14.9. The van der Waals surface area contributed by atoms with Crippen molar-refractivity contribution in [2.45, 2.75) is 58.2 Å². The minimum absolute atomic E-state index is 0.190. The summed E-state index contributed by atoms with van der Waals surface area (Å²) in [5.74, 6) is -0.700. The zero-order valence-corrected chi connectivity index (χ0v) is 25.7. The van der Waals surface area contributed by atoms with Gasteiger partial charge in [0.25, 0.3) is 5.91 Å². The largest absolute Gasteiger partial charge is 0.273 e. The Morgan fingerprint density at radius 2 is 1.51 bits per heavy atom. The molecular formula is C31H32Br2N4O2. The maximum Gasteiger partial charge on any atom is 0.272 e. The van der Waals surface area contributed by atoms with E-state index < -0.39 is 11.1 Å². The highest BCUT2D eigenvalue weighted by molar-refractivity contribution is 9.10. The summed E-state index contributed by atoms with van der Waals surface area (Å²) in [4.78, 5) is 28.4. The average Bonchev–Trinajstić information content (AvgIpc) is 3.34. The second-order valence-electron chi connectivity index (χ2n) is 10.9. The van der Waals surface area contributed by atoms with E-state index in [1.165, 1.54) is 5.01 Å². The third kappa shape index (κ3) is 4.98. The summed E-state index contributed by atoms with van der Waals surface area (Å²) in [5.41, 5.74) is 1.98. The van der Waals surface area contributed by atoms with Crippen LogP contribution in [0.3, 0.4) is 0 Å². The van der Waals surface area contributed by atoms with Gasteiger partial charge in [-0.1, -0.05) is 81.2 Å². The molecule has 0 radical (unpaired) electrons. The summed E-state index contributed by atoms with van der Waals surface area (Å²) >= 11 is 7.05. The summed E-state index contributed by atoms with van der Waals surface area (Å²) in [6.07, 6.45) is 0.936. The molecule has 1 saturated heterocycles. The van der Waals surface area contributed by atoms with Gasteiger partial charge in [-0.2, -0.15) is 5.10 Å². The van der Waals surface area contributed by atoms with Gasteiger partial charge in [-0.15, -0.1) is 0 Å². The zero-order chi connectivity index (χ0) is 27.9. The van der Waals surface area contributed by atoms with E-state index in [4.69, 9.17) is 5.10 Å². The van der Waals surface area contributed by atoms with Gasteiger partial charge in [0.2, 0.25) is 5.91 Å². The van der Waals surface area contributed by atoms with Crippen molar-refractivity contribution in [3.8, 4) is 0 Å². The lowest BCUT2D eigenvalue weighted by atomic mass is 9.78. The van der Waals surface area contributed by atoms with Crippen LogP contribution in [-0.4, -0.2) is 38.6 Å². The molecule has 1 fully saturated rings. The number of hydrazine groups is 1. The smallest absolute Gasteiger partial charge is 0.272 e. The lowest BCUT2D eigenvalue weighted by molar-refractivity contribution is -0.165. The fraction of sp³-hybridized carbons (Fsp3) is 0.323. The van der Waals surface area contributed by atoms with Crippen molar-refractivity contribution in [3.05, 3.63) is 98.9 Å². The summed E-state index contributed by atoms with van der Waals surface area (Å²) in [7, 11) is 0. The number of hydrogen-bond acceptors (Lipinski definition) is 5. The van der Waals surface area contributed by atoms with Crippen LogP contribution in [0.5, 0.6) is 0 Å². The minimum atomic E-state index is -1.13. The van der Waals surface area contributed by atoms with Gasteiger partial charge in [0.1, 0.15) is 5.54 Å². The summed E-state index contributed by atoms with van der Waals surface area (Å²) in [6, 6.07) is 25.8. The normalized spacial score (nSPS) is 22.9. The van der Waals surface area contributed by atoms with Crippen molar-refractivity contribution < 1.29 is 9.59 Å². The van der Waals surface area contributed by atoms with Crippen LogP contribution < -0.4 is 5.01 Å². The predicted octanol–water partition coefficient (Wildman–Crippen LogP) is 7.18. The Morgan fingerprint density at radius 3 is 2.10 bits per heavy atom. The second kappa shape index (κ2) is 10.6. The Balaban J connectivity index is 1.62. The van der Waals surface area contributed by atoms with Gasteiger partial charge in [-0.25, -0.2) is 15.0 Å². The highest BCUT2D eigenvalue weighted by Gasteiger charge is 2.59. The highest BCUT2D eigenvalue weighted by atomic mass is 79.9. The number of halogens is 2. The molecule has 2 atom stereocenters. The van der Waals surface area contributed by atoms with Gasteiger partial charge >= 0.3 is 0 Å². The predicted molar refractivity (Wildman–Crippen MR) is 162 cm³/mol. The second-order valence-corrected chi connectivity index (χ2v) is 12.8. The van der Waals surface area contributed by atoms with Gasteiger partial charge in [0.15, 0.2) is 0 Å². The molecular weight excluding hydrogens is 620 g/mol. The van der Waals surface area contributed by atoms with Gasteiger partial charge in [-0.05, 0) is 74.7 Å². The van der Waals surface area contributed by atoms with Crippen LogP contribution in [-0.2, 0) is 16.1 Å². The highest BCUT2D eigenvalue weighted by Crippen LogP contribution is 2.44. The number of imide groups is 1.